The van der Waals surface area contributed by atoms with Crippen LogP contribution in [0.2, 0.25) is 0 Å². The lowest BCUT2D eigenvalue weighted by atomic mass is 10.1. The number of para-hydroxylation sites is 1. The molecule has 25 heavy (non-hydrogen) atoms. The van der Waals surface area contributed by atoms with Crippen molar-refractivity contribution in [1.82, 2.24) is 10.6 Å². The van der Waals surface area contributed by atoms with Crippen molar-refractivity contribution < 1.29 is 14.4 Å². The molecule has 1 saturated carbocycles. The van der Waals surface area contributed by atoms with Crippen molar-refractivity contribution in [1.29, 1.82) is 0 Å². The summed E-state index contributed by atoms with van der Waals surface area (Å²) in [7, 11) is 0. The number of hydrogen-bond donors (Lipinski definition) is 2. The van der Waals surface area contributed by atoms with Crippen LogP contribution in [0, 0.1) is 0 Å². The van der Waals surface area contributed by atoms with E-state index in [2.05, 4.69) is 10.6 Å². The van der Waals surface area contributed by atoms with E-state index in [4.69, 9.17) is 0 Å². The molecular formula is C19H25N3O3. The highest BCUT2D eigenvalue weighted by Crippen LogP contribution is 2.28. The number of nitrogens with one attached hydrogen (secondary N) is 2. The molecule has 1 aromatic rings. The van der Waals surface area contributed by atoms with Gasteiger partial charge < -0.3 is 10.6 Å². The summed E-state index contributed by atoms with van der Waals surface area (Å²) in [6, 6.07) is 7.47. The highest BCUT2D eigenvalue weighted by molar-refractivity contribution is 6.01. The first-order valence-electron chi connectivity index (χ1n) is 9.03. The molecule has 1 aliphatic carbocycles. The summed E-state index contributed by atoms with van der Waals surface area (Å²) < 4.78 is 0. The van der Waals surface area contributed by atoms with E-state index < -0.39 is 6.04 Å². The van der Waals surface area contributed by atoms with Crippen molar-refractivity contribution in [2.45, 2.75) is 57.5 Å². The van der Waals surface area contributed by atoms with Gasteiger partial charge in [-0.1, -0.05) is 18.2 Å². The minimum Gasteiger partial charge on any atom is -0.354 e. The Hall–Kier alpha value is -2.37. The van der Waals surface area contributed by atoms with E-state index in [-0.39, 0.29) is 30.7 Å². The standard InChI is InChI=1S/C19H25N3O3/c1-13(19(25)20-12-11-17(23)21-15-9-10-15)22-16-7-3-2-5-14(16)6-4-8-18(22)24/h2-3,5,7,13,15H,4,6,8-12H2,1H3,(H,20,25)(H,21,23)/t13-/m0/s1. The topological polar surface area (TPSA) is 78.5 Å². The van der Waals surface area contributed by atoms with Gasteiger partial charge in [0.05, 0.1) is 0 Å². The van der Waals surface area contributed by atoms with Crippen LogP contribution < -0.4 is 15.5 Å². The van der Waals surface area contributed by atoms with Gasteiger partial charge in [-0.15, -0.1) is 0 Å². The third-order valence-electron chi connectivity index (χ3n) is 4.72. The van der Waals surface area contributed by atoms with Crippen LogP contribution in [0.25, 0.3) is 0 Å². The summed E-state index contributed by atoms with van der Waals surface area (Å²) in [6.07, 6.45) is 4.43. The molecular weight excluding hydrogens is 318 g/mol. The first-order chi connectivity index (χ1) is 12.1. The number of anilines is 1. The Morgan fingerprint density at radius 2 is 2.00 bits per heavy atom. The molecule has 0 spiro atoms. The van der Waals surface area contributed by atoms with Gasteiger partial charge in [0.1, 0.15) is 6.04 Å². The molecule has 0 unspecified atom stereocenters. The molecule has 0 aromatic heterocycles. The van der Waals surface area contributed by atoms with Crippen LogP contribution in [0.1, 0.15) is 44.6 Å². The van der Waals surface area contributed by atoms with Gasteiger partial charge in [-0.25, -0.2) is 0 Å². The predicted octanol–water partition coefficient (Wildman–Crippen LogP) is 1.53. The van der Waals surface area contributed by atoms with E-state index in [1.54, 1.807) is 11.8 Å². The summed E-state index contributed by atoms with van der Waals surface area (Å²) in [4.78, 5) is 38.3. The molecule has 1 aliphatic heterocycles. The Bertz CT molecular complexity index is 670. The summed E-state index contributed by atoms with van der Waals surface area (Å²) in [6.45, 7) is 2.02. The minimum absolute atomic E-state index is 0.0286. The summed E-state index contributed by atoms with van der Waals surface area (Å²) >= 11 is 0. The molecule has 134 valence electrons. The quantitative estimate of drug-likeness (QED) is 0.822. The number of benzene rings is 1. The highest BCUT2D eigenvalue weighted by atomic mass is 16.2. The molecule has 6 nitrogen and oxygen atoms in total. The molecule has 0 bridgehead atoms. The first kappa shape index (κ1) is 17.5. The summed E-state index contributed by atoms with van der Waals surface area (Å²) in [5.41, 5.74) is 1.91. The average molecular weight is 343 g/mol. The molecule has 0 saturated heterocycles. The van der Waals surface area contributed by atoms with Gasteiger partial charge >= 0.3 is 0 Å². The zero-order chi connectivity index (χ0) is 17.8. The monoisotopic (exact) mass is 343 g/mol. The number of rotatable bonds is 6. The lowest BCUT2D eigenvalue weighted by Gasteiger charge is -2.28. The van der Waals surface area contributed by atoms with E-state index in [1.807, 2.05) is 24.3 Å². The molecule has 0 radical (unpaired) electrons. The van der Waals surface area contributed by atoms with Crippen molar-refractivity contribution in [2.75, 3.05) is 11.4 Å². The zero-order valence-electron chi connectivity index (χ0n) is 14.6. The highest BCUT2D eigenvalue weighted by Gasteiger charge is 2.30. The van der Waals surface area contributed by atoms with Crippen LogP contribution in [-0.4, -0.2) is 36.3 Å². The van der Waals surface area contributed by atoms with E-state index in [9.17, 15) is 14.4 Å². The smallest absolute Gasteiger partial charge is 0.242 e. The van der Waals surface area contributed by atoms with Crippen molar-refractivity contribution >= 4 is 23.4 Å². The zero-order valence-corrected chi connectivity index (χ0v) is 14.6. The van der Waals surface area contributed by atoms with Gasteiger partial charge in [-0.3, -0.25) is 19.3 Å². The third kappa shape index (κ3) is 4.38. The van der Waals surface area contributed by atoms with Gasteiger partial charge in [-0.05, 0) is 44.2 Å². The average Bonchev–Trinajstić information content (AvgIpc) is 3.41. The summed E-state index contributed by atoms with van der Waals surface area (Å²) in [5.74, 6) is -0.296. The maximum atomic E-state index is 12.5. The summed E-state index contributed by atoms with van der Waals surface area (Å²) in [5, 5.41) is 5.68. The van der Waals surface area contributed by atoms with E-state index in [0.717, 1.165) is 36.9 Å². The number of aryl methyl sites for hydroxylation is 1. The third-order valence-corrected chi connectivity index (χ3v) is 4.72. The van der Waals surface area contributed by atoms with Crippen LogP contribution in [0.3, 0.4) is 0 Å². The second kappa shape index (κ2) is 7.68. The SMILES string of the molecule is C[C@@H](C(=O)NCCC(=O)NC1CC1)N1C(=O)CCCc2ccccc21. The van der Waals surface area contributed by atoms with Gasteiger partial charge in [0.15, 0.2) is 0 Å². The maximum absolute atomic E-state index is 12.5. The Morgan fingerprint density at radius 3 is 2.76 bits per heavy atom. The number of amides is 3. The van der Waals surface area contributed by atoms with Crippen LogP contribution in [0.5, 0.6) is 0 Å². The minimum atomic E-state index is -0.599. The lowest BCUT2D eigenvalue weighted by Crippen LogP contribution is -2.48. The number of nitrogens with zero attached hydrogens (tertiary/aromatic N) is 1. The number of carbonyl (C=O) groups is 3. The molecule has 6 heteroatoms. The first-order valence-corrected chi connectivity index (χ1v) is 9.03. The fourth-order valence-electron chi connectivity index (χ4n) is 3.16. The van der Waals surface area contributed by atoms with Crippen molar-refractivity contribution in [3.05, 3.63) is 29.8 Å². The number of hydrogen-bond acceptors (Lipinski definition) is 3. The molecule has 3 rings (SSSR count). The van der Waals surface area contributed by atoms with Gasteiger partial charge in [0.2, 0.25) is 17.7 Å². The molecule has 2 N–H and O–H groups in total. The second-order valence-corrected chi connectivity index (χ2v) is 6.80. The Balaban J connectivity index is 1.60. The molecule has 3 amide bonds. The van der Waals surface area contributed by atoms with Crippen LogP contribution in [0.15, 0.2) is 24.3 Å². The Morgan fingerprint density at radius 1 is 1.24 bits per heavy atom. The van der Waals surface area contributed by atoms with Crippen molar-refractivity contribution in [3.8, 4) is 0 Å². The van der Waals surface area contributed by atoms with Crippen LogP contribution in [0.4, 0.5) is 5.69 Å². The van der Waals surface area contributed by atoms with Crippen molar-refractivity contribution in [2.24, 2.45) is 0 Å². The molecule has 2 aliphatic rings. The van der Waals surface area contributed by atoms with E-state index in [0.29, 0.717) is 12.5 Å². The van der Waals surface area contributed by atoms with Gasteiger partial charge in [-0.2, -0.15) is 0 Å². The van der Waals surface area contributed by atoms with Crippen molar-refractivity contribution in [3.63, 3.8) is 0 Å². The molecule has 1 aromatic carbocycles. The normalized spacial score (nSPS) is 18.1. The number of fused-ring (bicyclic) bond motifs is 1. The largest absolute Gasteiger partial charge is 0.354 e. The Labute approximate surface area is 148 Å². The maximum Gasteiger partial charge on any atom is 0.242 e. The van der Waals surface area contributed by atoms with Crippen LogP contribution >= 0.6 is 0 Å². The van der Waals surface area contributed by atoms with E-state index in [1.165, 1.54) is 0 Å². The molecule has 1 heterocycles. The molecule has 1 atom stereocenters. The van der Waals surface area contributed by atoms with Gasteiger partial charge in [0.25, 0.3) is 0 Å². The Kier molecular flexibility index (Phi) is 5.36. The lowest BCUT2D eigenvalue weighted by molar-refractivity contribution is -0.126. The number of carbonyl (C=O) groups excluding carboxylic acids is 3. The fourth-order valence-corrected chi connectivity index (χ4v) is 3.16. The van der Waals surface area contributed by atoms with E-state index >= 15 is 0 Å². The molecule has 1 fully saturated rings. The second-order valence-electron chi connectivity index (χ2n) is 6.80. The van der Waals surface area contributed by atoms with Gasteiger partial charge in [0, 0.05) is 31.1 Å². The fraction of sp³-hybridized carbons (Fsp3) is 0.526. The van der Waals surface area contributed by atoms with Crippen LogP contribution in [-0.2, 0) is 20.8 Å². The predicted molar refractivity (Wildman–Crippen MR) is 95.1 cm³/mol.